The molecule has 2 bridgehead atoms. The van der Waals surface area contributed by atoms with Crippen molar-refractivity contribution in [2.24, 2.45) is 11.8 Å². The maximum atomic E-state index is 12.6. The fraction of sp³-hybridized carbons (Fsp3) is 0.500. The second-order valence-corrected chi connectivity index (χ2v) is 6.36. The van der Waals surface area contributed by atoms with E-state index in [9.17, 15) is 14.4 Å². The number of hydrogen-bond donors (Lipinski definition) is 0. The summed E-state index contributed by atoms with van der Waals surface area (Å²) in [5, 5.41) is 0. The van der Waals surface area contributed by atoms with Gasteiger partial charge in [-0.15, -0.1) is 0 Å². The number of piperidine rings is 3. The molecule has 3 heterocycles. The van der Waals surface area contributed by atoms with Gasteiger partial charge in [0.2, 0.25) is 0 Å². The molecule has 2 unspecified atom stereocenters. The predicted molar refractivity (Wildman–Crippen MR) is 82.7 cm³/mol. The van der Waals surface area contributed by atoms with Crippen molar-refractivity contribution >= 4 is 17.3 Å². The second kappa shape index (κ2) is 6.13. The molecule has 1 aromatic carbocycles. The molecule has 0 amide bonds. The Morgan fingerprint density at radius 3 is 2.36 bits per heavy atom. The minimum absolute atomic E-state index is 0.134. The van der Waals surface area contributed by atoms with Crippen molar-refractivity contribution in [2.75, 3.05) is 13.1 Å². The summed E-state index contributed by atoms with van der Waals surface area (Å²) in [5.41, 5.74) is 0.547. The van der Waals surface area contributed by atoms with E-state index in [1.807, 2.05) is 6.07 Å². The van der Waals surface area contributed by atoms with Crippen molar-refractivity contribution < 1.29 is 14.4 Å². The van der Waals surface area contributed by atoms with Gasteiger partial charge in [-0.2, -0.15) is 0 Å². The number of nitrogens with zero attached hydrogens (tertiary/aromatic N) is 1. The maximum absolute atomic E-state index is 12.6. The lowest BCUT2D eigenvalue weighted by atomic mass is 9.77. The Kier molecular flexibility index (Phi) is 4.21. The van der Waals surface area contributed by atoms with Gasteiger partial charge in [0, 0.05) is 11.5 Å². The van der Waals surface area contributed by atoms with Crippen molar-refractivity contribution in [3.63, 3.8) is 0 Å². The van der Waals surface area contributed by atoms with Crippen molar-refractivity contribution in [2.45, 2.75) is 32.2 Å². The highest BCUT2D eigenvalue weighted by Crippen LogP contribution is 2.32. The molecule has 3 aliphatic rings. The second-order valence-electron chi connectivity index (χ2n) is 6.36. The molecule has 4 nitrogen and oxygen atoms in total. The van der Waals surface area contributed by atoms with E-state index in [4.69, 9.17) is 0 Å². The van der Waals surface area contributed by atoms with E-state index in [1.54, 1.807) is 24.3 Å². The lowest BCUT2D eigenvalue weighted by molar-refractivity contribution is -0.138. The highest BCUT2D eigenvalue weighted by molar-refractivity contribution is 6.10. The standard InChI is InChI=1S/C18H21NO3/c1-12(20)15(17(21)13-5-3-2-4-6-13)11-16-18(22)14-7-9-19(16)10-8-14/h2-6,14-16H,7-11H2,1H3. The highest BCUT2D eigenvalue weighted by atomic mass is 16.2. The first kappa shape index (κ1) is 15.1. The van der Waals surface area contributed by atoms with Crippen molar-refractivity contribution in [1.29, 1.82) is 0 Å². The zero-order valence-electron chi connectivity index (χ0n) is 12.8. The van der Waals surface area contributed by atoms with Crippen LogP contribution in [0.15, 0.2) is 30.3 Å². The molecule has 0 saturated carbocycles. The summed E-state index contributed by atoms with van der Waals surface area (Å²) in [6.07, 6.45) is 2.18. The molecule has 0 spiro atoms. The Hall–Kier alpha value is -1.81. The summed E-state index contributed by atoms with van der Waals surface area (Å²) < 4.78 is 0. The van der Waals surface area contributed by atoms with Crippen LogP contribution in [0.25, 0.3) is 0 Å². The van der Waals surface area contributed by atoms with Gasteiger partial charge >= 0.3 is 0 Å². The Morgan fingerprint density at radius 1 is 1.18 bits per heavy atom. The first-order valence-electron chi connectivity index (χ1n) is 7.95. The lowest BCUT2D eigenvalue weighted by Crippen LogP contribution is -2.56. The molecule has 3 saturated heterocycles. The molecule has 2 atom stereocenters. The number of hydrogen-bond acceptors (Lipinski definition) is 4. The average molecular weight is 299 g/mol. The lowest BCUT2D eigenvalue weighted by Gasteiger charge is -2.44. The summed E-state index contributed by atoms with van der Waals surface area (Å²) in [6.45, 7) is 3.27. The molecule has 116 valence electrons. The molecule has 0 radical (unpaired) electrons. The van der Waals surface area contributed by atoms with Crippen molar-refractivity contribution in [3.05, 3.63) is 35.9 Å². The van der Waals surface area contributed by atoms with E-state index in [2.05, 4.69) is 4.90 Å². The zero-order valence-corrected chi connectivity index (χ0v) is 12.8. The zero-order chi connectivity index (χ0) is 15.7. The Morgan fingerprint density at radius 2 is 1.82 bits per heavy atom. The van der Waals surface area contributed by atoms with Gasteiger partial charge in [-0.3, -0.25) is 19.3 Å². The number of carbonyl (C=O) groups excluding carboxylic acids is 3. The van der Waals surface area contributed by atoms with Crippen LogP contribution in [0, 0.1) is 11.8 Å². The molecule has 1 aromatic rings. The molecule has 22 heavy (non-hydrogen) atoms. The Balaban J connectivity index is 1.79. The largest absolute Gasteiger partial charge is 0.299 e. The number of benzene rings is 1. The summed E-state index contributed by atoms with van der Waals surface area (Å²) >= 11 is 0. The smallest absolute Gasteiger partial charge is 0.173 e. The highest BCUT2D eigenvalue weighted by Gasteiger charge is 2.43. The van der Waals surface area contributed by atoms with Crippen LogP contribution in [0.2, 0.25) is 0 Å². The fourth-order valence-corrected chi connectivity index (χ4v) is 3.70. The number of rotatable bonds is 5. The van der Waals surface area contributed by atoms with E-state index in [0.717, 1.165) is 25.9 Å². The molecule has 0 aliphatic carbocycles. The summed E-state index contributed by atoms with van der Waals surface area (Å²) in [4.78, 5) is 39.2. The molecular weight excluding hydrogens is 278 g/mol. The molecule has 4 heteroatoms. The van der Waals surface area contributed by atoms with Crippen molar-refractivity contribution in [3.8, 4) is 0 Å². The molecule has 3 aliphatic heterocycles. The number of Topliss-reactive ketones (excluding diaryl/α,β-unsaturated/α-hetero) is 3. The summed E-state index contributed by atoms with van der Waals surface area (Å²) in [5.74, 6) is -0.664. The van der Waals surface area contributed by atoms with Crippen LogP contribution in [-0.2, 0) is 9.59 Å². The van der Waals surface area contributed by atoms with Crippen LogP contribution in [0.1, 0.15) is 36.5 Å². The van der Waals surface area contributed by atoms with Gasteiger partial charge in [0.1, 0.15) is 5.78 Å². The first-order chi connectivity index (χ1) is 10.6. The van der Waals surface area contributed by atoms with Crippen molar-refractivity contribution in [1.82, 2.24) is 4.90 Å². The fourth-order valence-electron chi connectivity index (χ4n) is 3.70. The maximum Gasteiger partial charge on any atom is 0.173 e. The van der Waals surface area contributed by atoms with E-state index in [1.165, 1.54) is 6.92 Å². The van der Waals surface area contributed by atoms with Crippen LogP contribution in [0.4, 0.5) is 0 Å². The van der Waals surface area contributed by atoms with E-state index < -0.39 is 5.92 Å². The van der Waals surface area contributed by atoms with Crippen LogP contribution in [-0.4, -0.2) is 41.4 Å². The van der Waals surface area contributed by atoms with E-state index in [0.29, 0.717) is 12.0 Å². The molecule has 0 N–H and O–H groups in total. The van der Waals surface area contributed by atoms with Gasteiger partial charge in [0.15, 0.2) is 11.6 Å². The number of fused-ring (bicyclic) bond motifs is 3. The SMILES string of the molecule is CC(=O)C(CC1C(=O)C2CCN1CC2)C(=O)c1ccccc1. The van der Waals surface area contributed by atoms with Crippen LogP contribution in [0.3, 0.4) is 0 Å². The molecular formula is C18H21NO3. The van der Waals surface area contributed by atoms with Gasteiger partial charge in [-0.05, 0) is 39.3 Å². The molecule has 3 fully saturated rings. The summed E-state index contributed by atoms with van der Waals surface area (Å²) in [6, 6.07) is 8.63. The van der Waals surface area contributed by atoms with Crippen LogP contribution in [0.5, 0.6) is 0 Å². The third kappa shape index (κ3) is 2.75. The minimum atomic E-state index is -0.712. The average Bonchev–Trinajstić information content (AvgIpc) is 2.55. The van der Waals surface area contributed by atoms with Gasteiger partial charge in [0.25, 0.3) is 0 Å². The monoisotopic (exact) mass is 299 g/mol. The van der Waals surface area contributed by atoms with Gasteiger partial charge in [-0.1, -0.05) is 30.3 Å². The van der Waals surface area contributed by atoms with Gasteiger partial charge in [-0.25, -0.2) is 0 Å². The molecule has 4 rings (SSSR count). The first-order valence-corrected chi connectivity index (χ1v) is 7.95. The third-order valence-electron chi connectivity index (χ3n) is 5.03. The van der Waals surface area contributed by atoms with E-state index >= 15 is 0 Å². The van der Waals surface area contributed by atoms with Gasteiger partial charge in [0.05, 0.1) is 12.0 Å². The topological polar surface area (TPSA) is 54.5 Å². The number of carbonyl (C=O) groups is 3. The Bertz CT molecular complexity index is 588. The van der Waals surface area contributed by atoms with Crippen LogP contribution >= 0.6 is 0 Å². The Labute approximate surface area is 130 Å². The predicted octanol–water partition coefficient (Wildman–Crippen LogP) is 2.13. The van der Waals surface area contributed by atoms with Crippen LogP contribution < -0.4 is 0 Å². The quantitative estimate of drug-likeness (QED) is 0.617. The normalized spacial score (nSPS) is 28.4. The van der Waals surface area contributed by atoms with E-state index in [-0.39, 0.29) is 29.3 Å². The third-order valence-corrected chi connectivity index (χ3v) is 5.03. The minimum Gasteiger partial charge on any atom is -0.299 e. The summed E-state index contributed by atoms with van der Waals surface area (Å²) in [7, 11) is 0. The van der Waals surface area contributed by atoms with Gasteiger partial charge < -0.3 is 0 Å². The molecule has 0 aromatic heterocycles. The number of ketones is 3.